The molecule has 158 valence electrons. The van der Waals surface area contributed by atoms with Crippen molar-refractivity contribution in [1.82, 2.24) is 4.98 Å². The number of para-hydroxylation sites is 1. The van der Waals surface area contributed by atoms with Gasteiger partial charge in [-0.2, -0.15) is 0 Å². The lowest BCUT2D eigenvalue weighted by atomic mass is 10.2. The summed E-state index contributed by atoms with van der Waals surface area (Å²) in [6, 6.07) is 24.0. The average molecular weight is 443 g/mol. The third kappa shape index (κ3) is 4.24. The van der Waals surface area contributed by atoms with E-state index in [9.17, 15) is 9.59 Å². The van der Waals surface area contributed by atoms with E-state index < -0.39 is 11.6 Å². The van der Waals surface area contributed by atoms with Crippen molar-refractivity contribution in [3.63, 3.8) is 0 Å². The molecule has 0 atom stereocenters. The highest BCUT2D eigenvalue weighted by molar-refractivity contribution is 7.21. The Hall–Kier alpha value is -3.97. The molecular weight excluding hydrogens is 426 g/mol. The number of hydrogen-bond donors (Lipinski definition) is 0. The van der Waals surface area contributed by atoms with E-state index >= 15 is 0 Å². The van der Waals surface area contributed by atoms with Crippen LogP contribution in [0.25, 0.3) is 31.8 Å². The van der Waals surface area contributed by atoms with Crippen molar-refractivity contribution >= 4 is 38.5 Å². The highest BCUT2D eigenvalue weighted by atomic mass is 32.1. The molecule has 5 aromatic rings. The second-order valence-corrected chi connectivity index (χ2v) is 8.10. The highest BCUT2D eigenvalue weighted by Crippen LogP contribution is 2.30. The quantitative estimate of drug-likeness (QED) is 0.265. The fraction of sp³-hybridized carbons (Fsp3) is 0.0800. The predicted molar refractivity (Wildman–Crippen MR) is 123 cm³/mol. The predicted octanol–water partition coefficient (Wildman–Crippen LogP) is 5.19. The van der Waals surface area contributed by atoms with Crippen molar-refractivity contribution in [3.05, 3.63) is 94.8 Å². The molecule has 6 nitrogen and oxygen atoms in total. The van der Waals surface area contributed by atoms with Crippen molar-refractivity contribution in [2.75, 3.05) is 6.61 Å². The van der Waals surface area contributed by atoms with E-state index in [1.54, 1.807) is 24.3 Å². The van der Waals surface area contributed by atoms with E-state index in [0.717, 1.165) is 21.2 Å². The van der Waals surface area contributed by atoms with Gasteiger partial charge in [-0.15, -0.1) is 11.3 Å². The van der Waals surface area contributed by atoms with Crippen LogP contribution in [0.5, 0.6) is 5.75 Å². The molecule has 32 heavy (non-hydrogen) atoms. The standard InChI is InChI=1S/C25H17NO5S/c27-23(30-14-16-6-2-1-3-7-16)15-29-18-11-10-17-12-19(25(28)31-21(17)13-18)24-26-20-8-4-5-9-22(20)32-24/h1-13H,14-15H2. The van der Waals surface area contributed by atoms with Gasteiger partial charge in [-0.3, -0.25) is 0 Å². The van der Waals surface area contributed by atoms with Crippen LogP contribution in [-0.4, -0.2) is 17.6 Å². The van der Waals surface area contributed by atoms with Crippen molar-refractivity contribution in [2.45, 2.75) is 6.61 Å². The van der Waals surface area contributed by atoms with Gasteiger partial charge in [0.25, 0.3) is 0 Å². The Morgan fingerprint density at radius 3 is 2.62 bits per heavy atom. The first-order valence-electron chi connectivity index (χ1n) is 9.92. The SMILES string of the molecule is O=C(COc1ccc2cc(-c3nc4ccccc4s3)c(=O)oc2c1)OCc1ccccc1. The smallest absolute Gasteiger partial charge is 0.346 e. The molecule has 0 saturated carbocycles. The highest BCUT2D eigenvalue weighted by Gasteiger charge is 2.13. The molecule has 0 N–H and O–H groups in total. The molecular formula is C25H17NO5S. The molecule has 0 aliphatic heterocycles. The number of thiazole rings is 1. The Kier molecular flexibility index (Phi) is 5.39. The topological polar surface area (TPSA) is 78.6 Å². The lowest BCUT2D eigenvalue weighted by Gasteiger charge is -2.08. The second kappa shape index (κ2) is 8.64. The van der Waals surface area contributed by atoms with Crippen LogP contribution in [0, 0.1) is 0 Å². The van der Waals surface area contributed by atoms with Crippen LogP contribution in [-0.2, 0) is 16.1 Å². The maximum Gasteiger partial charge on any atom is 0.346 e. The van der Waals surface area contributed by atoms with Gasteiger partial charge < -0.3 is 13.9 Å². The first-order chi connectivity index (χ1) is 15.7. The fourth-order valence-electron chi connectivity index (χ4n) is 3.24. The Morgan fingerprint density at radius 1 is 0.969 bits per heavy atom. The molecule has 0 unspecified atom stereocenters. The summed E-state index contributed by atoms with van der Waals surface area (Å²) in [5.74, 6) is -0.0772. The first-order valence-corrected chi connectivity index (χ1v) is 10.7. The van der Waals surface area contributed by atoms with Gasteiger partial charge in [0.2, 0.25) is 0 Å². The summed E-state index contributed by atoms with van der Waals surface area (Å²) in [5, 5.41) is 1.35. The third-order valence-corrected chi connectivity index (χ3v) is 5.90. The van der Waals surface area contributed by atoms with E-state index in [1.807, 2.05) is 54.6 Å². The van der Waals surface area contributed by atoms with Crippen LogP contribution in [0.15, 0.2) is 88.1 Å². The summed E-state index contributed by atoms with van der Waals surface area (Å²) >= 11 is 1.44. The minimum Gasteiger partial charge on any atom is -0.482 e. The number of fused-ring (bicyclic) bond motifs is 2. The fourth-order valence-corrected chi connectivity index (χ4v) is 4.21. The molecule has 0 radical (unpaired) electrons. The van der Waals surface area contributed by atoms with E-state index in [1.165, 1.54) is 11.3 Å². The Balaban J connectivity index is 1.30. The second-order valence-electron chi connectivity index (χ2n) is 7.07. The molecule has 0 saturated heterocycles. The Labute approximate surface area is 186 Å². The normalized spacial score (nSPS) is 11.0. The number of benzene rings is 3. The van der Waals surface area contributed by atoms with Crippen LogP contribution in [0.3, 0.4) is 0 Å². The van der Waals surface area contributed by atoms with E-state index in [2.05, 4.69) is 4.98 Å². The number of carbonyl (C=O) groups is 1. The van der Waals surface area contributed by atoms with Gasteiger partial charge in [0.15, 0.2) is 6.61 Å². The van der Waals surface area contributed by atoms with Crippen LogP contribution < -0.4 is 10.4 Å². The monoisotopic (exact) mass is 443 g/mol. The summed E-state index contributed by atoms with van der Waals surface area (Å²) in [6.45, 7) is -0.0590. The van der Waals surface area contributed by atoms with E-state index in [4.69, 9.17) is 13.9 Å². The van der Waals surface area contributed by atoms with Crippen LogP contribution in [0.2, 0.25) is 0 Å². The van der Waals surface area contributed by atoms with E-state index in [-0.39, 0.29) is 13.2 Å². The average Bonchev–Trinajstić information content (AvgIpc) is 3.25. The van der Waals surface area contributed by atoms with Crippen molar-refractivity contribution in [3.8, 4) is 16.3 Å². The van der Waals surface area contributed by atoms with Crippen molar-refractivity contribution < 1.29 is 18.7 Å². The first kappa shape index (κ1) is 20.0. The molecule has 0 spiro atoms. The number of esters is 1. The molecule has 0 fully saturated rings. The van der Waals surface area contributed by atoms with Gasteiger partial charge in [-0.05, 0) is 35.9 Å². The van der Waals surface area contributed by atoms with Gasteiger partial charge in [0, 0.05) is 11.5 Å². The summed E-state index contributed by atoms with van der Waals surface area (Å²) in [7, 11) is 0. The zero-order valence-corrected chi connectivity index (χ0v) is 17.6. The lowest BCUT2D eigenvalue weighted by molar-refractivity contribution is -0.147. The molecule has 0 aliphatic rings. The third-order valence-electron chi connectivity index (χ3n) is 4.83. The number of aromatic nitrogens is 1. The lowest BCUT2D eigenvalue weighted by Crippen LogP contribution is -2.14. The molecule has 7 heteroatoms. The summed E-state index contributed by atoms with van der Waals surface area (Å²) in [6.07, 6.45) is 0. The number of hydrogen-bond acceptors (Lipinski definition) is 7. The summed E-state index contributed by atoms with van der Waals surface area (Å²) in [4.78, 5) is 29.1. The van der Waals surface area contributed by atoms with Crippen molar-refractivity contribution in [2.24, 2.45) is 0 Å². The maximum absolute atomic E-state index is 12.6. The largest absolute Gasteiger partial charge is 0.482 e. The van der Waals surface area contributed by atoms with Gasteiger partial charge in [-0.25, -0.2) is 14.6 Å². The Morgan fingerprint density at radius 2 is 1.78 bits per heavy atom. The number of ether oxygens (including phenoxy) is 2. The number of nitrogens with zero attached hydrogens (tertiary/aromatic N) is 1. The van der Waals surface area contributed by atoms with Gasteiger partial charge >= 0.3 is 11.6 Å². The molecule has 3 aromatic carbocycles. The maximum atomic E-state index is 12.6. The van der Waals surface area contributed by atoms with Crippen LogP contribution >= 0.6 is 11.3 Å². The molecule has 0 aliphatic carbocycles. The Bertz CT molecular complexity index is 1440. The minimum atomic E-state index is -0.485. The molecule has 5 rings (SSSR count). The molecule has 2 aromatic heterocycles. The number of carbonyl (C=O) groups excluding carboxylic acids is 1. The van der Waals surface area contributed by atoms with Crippen LogP contribution in [0.4, 0.5) is 0 Å². The zero-order valence-electron chi connectivity index (χ0n) is 16.8. The van der Waals surface area contributed by atoms with Crippen molar-refractivity contribution in [1.29, 1.82) is 0 Å². The van der Waals surface area contributed by atoms with Crippen LogP contribution in [0.1, 0.15) is 5.56 Å². The zero-order chi connectivity index (χ0) is 21.9. The van der Waals surface area contributed by atoms with E-state index in [0.29, 0.717) is 21.9 Å². The summed E-state index contributed by atoms with van der Waals surface area (Å²) in [5.41, 5.74) is 2.05. The van der Waals surface area contributed by atoms with Gasteiger partial charge in [0.05, 0.1) is 15.8 Å². The van der Waals surface area contributed by atoms with Gasteiger partial charge in [-0.1, -0.05) is 42.5 Å². The number of rotatable bonds is 6. The van der Waals surface area contributed by atoms with Gasteiger partial charge in [0.1, 0.15) is 22.9 Å². The molecule has 2 heterocycles. The molecule has 0 bridgehead atoms. The minimum absolute atomic E-state index is 0.185. The summed E-state index contributed by atoms with van der Waals surface area (Å²) < 4.78 is 17.2. The molecule has 0 amide bonds.